The minimum Gasteiger partial charge on any atom is -0.326 e. The smallest absolute Gasteiger partial charge is 0.227 e. The van der Waals surface area contributed by atoms with Crippen molar-refractivity contribution in [3.63, 3.8) is 0 Å². The van der Waals surface area contributed by atoms with Crippen molar-refractivity contribution < 1.29 is 9.18 Å². The van der Waals surface area contributed by atoms with Gasteiger partial charge < -0.3 is 11.1 Å². The van der Waals surface area contributed by atoms with Gasteiger partial charge in [-0.15, -0.1) is 0 Å². The lowest BCUT2D eigenvalue weighted by Crippen LogP contribution is -2.14. The zero-order valence-electron chi connectivity index (χ0n) is 10.2. The average molecular weight is 246 g/mol. The van der Waals surface area contributed by atoms with Crippen LogP contribution in [0.5, 0.6) is 0 Å². The van der Waals surface area contributed by atoms with E-state index in [-0.39, 0.29) is 18.4 Å². The van der Waals surface area contributed by atoms with Gasteiger partial charge >= 0.3 is 0 Å². The van der Waals surface area contributed by atoms with E-state index in [4.69, 9.17) is 5.73 Å². The summed E-state index contributed by atoms with van der Waals surface area (Å²) in [7, 11) is 0. The van der Waals surface area contributed by atoms with E-state index in [0.29, 0.717) is 17.2 Å². The highest BCUT2D eigenvalue weighted by Gasteiger charge is 2.39. The molecule has 0 bridgehead atoms. The summed E-state index contributed by atoms with van der Waals surface area (Å²) >= 11 is 0. The van der Waals surface area contributed by atoms with Crippen LogP contribution in [0.1, 0.15) is 18.9 Å². The number of benzene rings is 1. The van der Waals surface area contributed by atoms with Gasteiger partial charge in [0.25, 0.3) is 0 Å². The summed E-state index contributed by atoms with van der Waals surface area (Å²) in [5.41, 5.74) is 5.98. The van der Waals surface area contributed by atoms with Gasteiger partial charge in [-0.1, -0.05) is 18.8 Å². The fourth-order valence-electron chi connectivity index (χ4n) is 1.76. The van der Waals surface area contributed by atoms with E-state index in [1.807, 2.05) is 6.92 Å². The molecule has 0 saturated heterocycles. The molecule has 0 radical (unpaired) electrons. The predicted molar refractivity (Wildman–Crippen MR) is 68.2 cm³/mol. The minimum atomic E-state index is -0.447. The van der Waals surface area contributed by atoms with Crippen molar-refractivity contribution in [2.24, 2.45) is 17.6 Å². The monoisotopic (exact) mass is 246 g/mol. The fourth-order valence-corrected chi connectivity index (χ4v) is 1.76. The SMILES string of the molecule is CC1CC1C(=O)Nc1ccc(C#CCN)c(F)c1. The van der Waals surface area contributed by atoms with Gasteiger partial charge in [0.05, 0.1) is 12.1 Å². The normalized spacial score (nSPS) is 20.8. The van der Waals surface area contributed by atoms with Gasteiger partial charge in [-0.05, 0) is 30.5 Å². The van der Waals surface area contributed by atoms with E-state index in [1.165, 1.54) is 6.07 Å². The molecule has 1 amide bonds. The summed E-state index contributed by atoms with van der Waals surface area (Å²) in [5, 5.41) is 2.71. The summed E-state index contributed by atoms with van der Waals surface area (Å²) in [6.45, 7) is 2.22. The molecule has 0 heterocycles. The summed E-state index contributed by atoms with van der Waals surface area (Å²) < 4.78 is 13.6. The zero-order valence-corrected chi connectivity index (χ0v) is 10.2. The summed E-state index contributed by atoms with van der Waals surface area (Å²) in [5.74, 6) is 5.25. The van der Waals surface area contributed by atoms with Crippen LogP contribution in [0, 0.1) is 29.5 Å². The third kappa shape index (κ3) is 2.88. The Labute approximate surface area is 106 Å². The van der Waals surface area contributed by atoms with E-state index in [1.54, 1.807) is 12.1 Å². The van der Waals surface area contributed by atoms with Gasteiger partial charge in [0.15, 0.2) is 0 Å². The van der Waals surface area contributed by atoms with Crippen LogP contribution in [0.25, 0.3) is 0 Å². The molecule has 94 valence electrons. The number of anilines is 1. The Bertz CT molecular complexity index is 530. The van der Waals surface area contributed by atoms with Crippen molar-refractivity contribution in [2.45, 2.75) is 13.3 Å². The maximum Gasteiger partial charge on any atom is 0.227 e. The number of rotatable bonds is 2. The molecule has 0 spiro atoms. The van der Waals surface area contributed by atoms with Gasteiger partial charge in [0.2, 0.25) is 5.91 Å². The molecule has 1 aliphatic carbocycles. The largest absolute Gasteiger partial charge is 0.326 e. The van der Waals surface area contributed by atoms with Gasteiger partial charge in [-0.25, -0.2) is 4.39 Å². The topological polar surface area (TPSA) is 55.1 Å². The zero-order chi connectivity index (χ0) is 13.1. The molecular formula is C14H15FN2O. The number of carbonyl (C=O) groups excluding carboxylic acids is 1. The second-order valence-electron chi connectivity index (χ2n) is 4.51. The summed E-state index contributed by atoms with van der Waals surface area (Å²) in [6.07, 6.45) is 0.911. The Morgan fingerprint density at radius 2 is 2.33 bits per heavy atom. The highest BCUT2D eigenvalue weighted by molar-refractivity contribution is 5.94. The molecule has 2 rings (SSSR count). The Hall–Kier alpha value is -1.86. The average Bonchev–Trinajstić information content (AvgIpc) is 3.05. The molecule has 1 saturated carbocycles. The molecule has 4 heteroatoms. The maximum atomic E-state index is 13.6. The van der Waals surface area contributed by atoms with Crippen LogP contribution >= 0.6 is 0 Å². The molecule has 1 fully saturated rings. The predicted octanol–water partition coefficient (Wildman–Crippen LogP) is 1.73. The third-order valence-electron chi connectivity index (χ3n) is 3.01. The molecular weight excluding hydrogens is 231 g/mol. The molecule has 0 aliphatic heterocycles. The summed E-state index contributed by atoms with van der Waals surface area (Å²) in [6, 6.07) is 4.48. The molecule has 1 aromatic rings. The number of amides is 1. The Kier molecular flexibility index (Phi) is 3.63. The quantitative estimate of drug-likeness (QED) is 0.781. The van der Waals surface area contributed by atoms with Gasteiger partial charge in [0, 0.05) is 11.6 Å². The molecule has 1 aromatic carbocycles. The van der Waals surface area contributed by atoms with Gasteiger partial charge in [-0.2, -0.15) is 0 Å². The lowest BCUT2D eigenvalue weighted by atomic mass is 10.2. The van der Waals surface area contributed by atoms with Crippen molar-refractivity contribution in [2.75, 3.05) is 11.9 Å². The van der Waals surface area contributed by atoms with Crippen molar-refractivity contribution in [3.05, 3.63) is 29.6 Å². The van der Waals surface area contributed by atoms with Crippen molar-refractivity contribution in [1.82, 2.24) is 0 Å². The first-order valence-electron chi connectivity index (χ1n) is 5.91. The molecule has 1 aliphatic rings. The van der Waals surface area contributed by atoms with Gasteiger partial charge in [-0.3, -0.25) is 4.79 Å². The minimum absolute atomic E-state index is 0.0392. The first-order valence-corrected chi connectivity index (χ1v) is 5.91. The lowest BCUT2D eigenvalue weighted by molar-refractivity contribution is -0.117. The van der Waals surface area contributed by atoms with Crippen LogP contribution in [0.2, 0.25) is 0 Å². The van der Waals surface area contributed by atoms with E-state index in [0.717, 1.165) is 6.42 Å². The van der Waals surface area contributed by atoms with Gasteiger partial charge in [0.1, 0.15) is 5.82 Å². The highest BCUT2D eigenvalue weighted by Crippen LogP contribution is 2.38. The number of hydrogen-bond acceptors (Lipinski definition) is 2. The van der Waals surface area contributed by atoms with Crippen LogP contribution in [0.3, 0.4) is 0 Å². The third-order valence-corrected chi connectivity index (χ3v) is 3.01. The molecule has 3 N–H and O–H groups in total. The Morgan fingerprint density at radius 1 is 1.61 bits per heavy atom. The maximum absolute atomic E-state index is 13.6. The first-order chi connectivity index (χ1) is 8.61. The van der Waals surface area contributed by atoms with E-state index >= 15 is 0 Å². The Morgan fingerprint density at radius 3 is 2.89 bits per heavy atom. The highest BCUT2D eigenvalue weighted by atomic mass is 19.1. The standard InChI is InChI=1S/C14H15FN2O/c1-9-7-12(9)14(18)17-11-5-4-10(3-2-6-16)13(15)8-11/h4-5,8-9,12H,6-7,16H2,1H3,(H,17,18). The molecule has 2 atom stereocenters. The van der Waals surface area contributed by atoms with Crippen molar-refractivity contribution in [3.8, 4) is 11.8 Å². The van der Waals surface area contributed by atoms with E-state index in [2.05, 4.69) is 17.2 Å². The number of halogens is 1. The fraction of sp³-hybridized carbons (Fsp3) is 0.357. The van der Waals surface area contributed by atoms with Crippen LogP contribution in [-0.2, 0) is 4.79 Å². The number of carbonyl (C=O) groups is 1. The first kappa shape index (κ1) is 12.6. The van der Waals surface area contributed by atoms with Crippen molar-refractivity contribution in [1.29, 1.82) is 0 Å². The van der Waals surface area contributed by atoms with E-state index in [9.17, 15) is 9.18 Å². The Balaban J connectivity index is 2.06. The second-order valence-corrected chi connectivity index (χ2v) is 4.51. The van der Waals surface area contributed by atoms with Crippen LogP contribution in [0.4, 0.5) is 10.1 Å². The van der Waals surface area contributed by atoms with Crippen LogP contribution in [-0.4, -0.2) is 12.5 Å². The number of nitrogens with one attached hydrogen (secondary N) is 1. The summed E-state index contributed by atoms with van der Waals surface area (Å²) in [4.78, 5) is 11.7. The molecule has 3 nitrogen and oxygen atoms in total. The van der Waals surface area contributed by atoms with Crippen LogP contribution < -0.4 is 11.1 Å². The second kappa shape index (κ2) is 5.19. The lowest BCUT2D eigenvalue weighted by Gasteiger charge is -2.05. The van der Waals surface area contributed by atoms with E-state index < -0.39 is 5.82 Å². The number of hydrogen-bond donors (Lipinski definition) is 2. The molecule has 0 aromatic heterocycles. The van der Waals surface area contributed by atoms with Crippen molar-refractivity contribution >= 4 is 11.6 Å². The number of nitrogens with two attached hydrogens (primary N) is 1. The molecule has 2 unspecified atom stereocenters. The molecule has 18 heavy (non-hydrogen) atoms. The van der Waals surface area contributed by atoms with Crippen LogP contribution in [0.15, 0.2) is 18.2 Å².